The first-order valence-electron chi connectivity index (χ1n) is 4.16. The molecule has 0 amide bonds. The Hall–Kier alpha value is -2.32. The summed E-state index contributed by atoms with van der Waals surface area (Å²) < 4.78 is 29.1. The first-order chi connectivity index (χ1) is 7.90. The van der Waals surface area contributed by atoms with Crippen molar-refractivity contribution in [2.45, 2.75) is 6.43 Å². The highest BCUT2D eigenvalue weighted by molar-refractivity contribution is 5.91. The molecule has 0 fully saturated rings. The first kappa shape index (κ1) is 12.7. The van der Waals surface area contributed by atoms with Gasteiger partial charge < -0.3 is 9.72 Å². The fraction of sp³-hybridized carbons (Fsp3) is 0.250. The zero-order chi connectivity index (χ0) is 13.2. The molecule has 17 heavy (non-hydrogen) atoms. The molecule has 1 aromatic heterocycles. The summed E-state index contributed by atoms with van der Waals surface area (Å²) in [7, 11) is 0.871. The maximum atomic E-state index is 12.5. The number of ether oxygens (including phenoxy) is 1. The Bertz CT molecular complexity index is 525. The van der Waals surface area contributed by atoms with E-state index in [-0.39, 0.29) is 0 Å². The Balaban J connectivity index is 3.59. The average Bonchev–Trinajstić information content (AvgIpc) is 2.26. The lowest BCUT2D eigenvalue weighted by molar-refractivity contribution is -0.386. The Kier molecular flexibility index (Phi) is 3.51. The summed E-state index contributed by atoms with van der Waals surface area (Å²) in [5, 5.41) is 10.4. The summed E-state index contributed by atoms with van der Waals surface area (Å²) in [5.74, 6) is -1.36. The number of nitrogens with zero attached hydrogens (tertiary/aromatic N) is 1. The molecule has 0 aliphatic carbocycles. The number of alkyl halides is 2. The first-order valence-corrected chi connectivity index (χ1v) is 4.16. The fourth-order valence-corrected chi connectivity index (χ4v) is 1.15. The van der Waals surface area contributed by atoms with Crippen LogP contribution >= 0.6 is 0 Å². The van der Waals surface area contributed by atoms with Crippen molar-refractivity contribution >= 4 is 11.7 Å². The van der Waals surface area contributed by atoms with Crippen LogP contribution in [0.4, 0.5) is 14.5 Å². The van der Waals surface area contributed by atoms with E-state index in [1.807, 2.05) is 4.98 Å². The molecule has 1 N–H and O–H groups in total. The molecule has 92 valence electrons. The van der Waals surface area contributed by atoms with E-state index in [1.54, 1.807) is 0 Å². The predicted octanol–water partition coefficient (Wildman–Crippen LogP) is 1.01. The minimum Gasteiger partial charge on any atom is -0.465 e. The van der Waals surface area contributed by atoms with Gasteiger partial charge in [0.1, 0.15) is 11.3 Å². The largest absolute Gasteiger partial charge is 0.465 e. The van der Waals surface area contributed by atoms with Crippen LogP contribution in [0.5, 0.6) is 0 Å². The lowest BCUT2D eigenvalue weighted by atomic mass is 10.1. The number of nitro groups is 1. The number of methoxy groups -OCH3 is 1. The van der Waals surface area contributed by atoms with Gasteiger partial charge in [-0.05, 0) is 0 Å². The molecule has 9 heteroatoms. The highest BCUT2D eigenvalue weighted by Gasteiger charge is 2.28. The molecule has 1 rings (SSSR count). The lowest BCUT2D eigenvalue weighted by Gasteiger charge is -2.05. The molecule has 1 heterocycles. The van der Waals surface area contributed by atoms with Crippen LogP contribution in [0.2, 0.25) is 0 Å². The monoisotopic (exact) mass is 248 g/mol. The number of esters is 1. The molecular weight excluding hydrogens is 242 g/mol. The topological polar surface area (TPSA) is 102 Å². The average molecular weight is 248 g/mol. The van der Waals surface area contributed by atoms with Gasteiger partial charge in [0.05, 0.1) is 18.2 Å². The van der Waals surface area contributed by atoms with E-state index in [0.717, 1.165) is 7.11 Å². The summed E-state index contributed by atoms with van der Waals surface area (Å²) in [5.41, 5.74) is -4.48. The molecule has 1 aromatic rings. The van der Waals surface area contributed by atoms with Crippen LogP contribution in [0.25, 0.3) is 0 Å². The van der Waals surface area contributed by atoms with E-state index in [1.165, 1.54) is 0 Å². The van der Waals surface area contributed by atoms with E-state index in [4.69, 9.17) is 0 Å². The van der Waals surface area contributed by atoms with E-state index in [2.05, 4.69) is 4.74 Å². The van der Waals surface area contributed by atoms with E-state index in [0.29, 0.717) is 6.20 Å². The number of H-pyrrole nitrogens is 1. The van der Waals surface area contributed by atoms with Gasteiger partial charge in [0.15, 0.2) is 0 Å². The number of aromatic amines is 1. The second-order valence-electron chi connectivity index (χ2n) is 2.84. The van der Waals surface area contributed by atoms with Crippen molar-refractivity contribution in [2.24, 2.45) is 0 Å². The van der Waals surface area contributed by atoms with Gasteiger partial charge in [0.2, 0.25) is 0 Å². The number of pyridine rings is 1. The number of carbonyl (C=O) groups is 1. The number of nitrogens with one attached hydrogen (secondary N) is 1. The Labute approximate surface area is 92.2 Å². The SMILES string of the molecule is COC(=O)c1c(C(F)F)[nH]cc([N+](=O)[O-])c1=O. The van der Waals surface area contributed by atoms with Crippen LogP contribution < -0.4 is 5.43 Å². The highest BCUT2D eigenvalue weighted by Crippen LogP contribution is 2.20. The molecule has 7 nitrogen and oxygen atoms in total. The minimum atomic E-state index is -3.15. The van der Waals surface area contributed by atoms with Crippen molar-refractivity contribution in [3.8, 4) is 0 Å². The van der Waals surface area contributed by atoms with E-state index in [9.17, 15) is 28.5 Å². The summed E-state index contributed by atoms with van der Waals surface area (Å²) >= 11 is 0. The van der Waals surface area contributed by atoms with Gasteiger partial charge in [-0.2, -0.15) is 0 Å². The normalized spacial score (nSPS) is 10.4. The third kappa shape index (κ3) is 2.27. The maximum absolute atomic E-state index is 12.5. The van der Waals surface area contributed by atoms with Gasteiger partial charge in [-0.15, -0.1) is 0 Å². The smallest absolute Gasteiger partial charge is 0.344 e. The quantitative estimate of drug-likeness (QED) is 0.488. The molecule has 0 saturated heterocycles. The molecule has 0 unspecified atom stereocenters. The second-order valence-corrected chi connectivity index (χ2v) is 2.84. The summed E-state index contributed by atoms with van der Waals surface area (Å²) in [6.45, 7) is 0. The molecule has 0 atom stereocenters. The number of aromatic nitrogens is 1. The van der Waals surface area contributed by atoms with Crippen molar-refractivity contribution < 1.29 is 23.2 Å². The summed E-state index contributed by atoms with van der Waals surface area (Å²) in [6.07, 6.45) is -2.64. The van der Waals surface area contributed by atoms with Gasteiger partial charge in [-0.25, -0.2) is 13.6 Å². The van der Waals surface area contributed by atoms with Gasteiger partial charge in [-0.3, -0.25) is 14.9 Å². The molecule has 0 bridgehead atoms. The highest BCUT2D eigenvalue weighted by atomic mass is 19.3. The molecule has 0 aliphatic heterocycles. The predicted molar refractivity (Wildman–Crippen MR) is 50.0 cm³/mol. The van der Waals surface area contributed by atoms with Crippen molar-refractivity contribution in [1.82, 2.24) is 4.98 Å². The Morgan fingerprint density at radius 2 is 2.18 bits per heavy atom. The number of hydrogen-bond donors (Lipinski definition) is 1. The third-order valence-corrected chi connectivity index (χ3v) is 1.90. The zero-order valence-corrected chi connectivity index (χ0v) is 8.40. The standard InChI is InChI=1S/C8H6F2N2O5/c1-17-8(14)4-5(7(9)10)11-2-3(6(4)13)12(15)16/h2,7H,1H3,(H,11,13). The van der Waals surface area contributed by atoms with Crippen LogP contribution in [0, 0.1) is 10.1 Å². The van der Waals surface area contributed by atoms with Gasteiger partial charge in [0, 0.05) is 0 Å². The maximum Gasteiger partial charge on any atom is 0.344 e. The van der Waals surface area contributed by atoms with E-state index < -0.39 is 39.7 Å². The van der Waals surface area contributed by atoms with E-state index >= 15 is 0 Å². The van der Waals surface area contributed by atoms with Crippen molar-refractivity contribution in [2.75, 3.05) is 7.11 Å². The number of rotatable bonds is 3. The zero-order valence-electron chi connectivity index (χ0n) is 8.40. The minimum absolute atomic E-state index is 0.510. The van der Waals surface area contributed by atoms with Crippen molar-refractivity contribution in [1.29, 1.82) is 0 Å². The van der Waals surface area contributed by atoms with Crippen LogP contribution in [0.3, 0.4) is 0 Å². The number of halogens is 2. The molecule has 0 aliphatic rings. The van der Waals surface area contributed by atoms with Gasteiger partial charge >= 0.3 is 11.7 Å². The van der Waals surface area contributed by atoms with Crippen LogP contribution in [-0.4, -0.2) is 23.0 Å². The summed E-state index contributed by atoms with van der Waals surface area (Å²) in [4.78, 5) is 33.8. The van der Waals surface area contributed by atoms with Crippen LogP contribution in [-0.2, 0) is 4.74 Å². The van der Waals surface area contributed by atoms with Crippen LogP contribution in [0.15, 0.2) is 11.0 Å². The number of carbonyl (C=O) groups excluding carboxylic acids is 1. The van der Waals surface area contributed by atoms with Gasteiger partial charge in [-0.1, -0.05) is 0 Å². The molecular formula is C8H6F2N2O5. The van der Waals surface area contributed by atoms with Gasteiger partial charge in [0.25, 0.3) is 11.9 Å². The van der Waals surface area contributed by atoms with Crippen LogP contribution in [0.1, 0.15) is 22.5 Å². The molecule has 0 aromatic carbocycles. The third-order valence-electron chi connectivity index (χ3n) is 1.90. The van der Waals surface area contributed by atoms with Crippen molar-refractivity contribution in [3.05, 3.63) is 37.8 Å². The number of hydrogen-bond acceptors (Lipinski definition) is 5. The Morgan fingerprint density at radius 1 is 1.59 bits per heavy atom. The molecule has 0 saturated carbocycles. The van der Waals surface area contributed by atoms with Crippen molar-refractivity contribution in [3.63, 3.8) is 0 Å². The summed E-state index contributed by atoms with van der Waals surface area (Å²) in [6, 6.07) is 0. The Morgan fingerprint density at radius 3 is 2.59 bits per heavy atom. The lowest BCUT2D eigenvalue weighted by Crippen LogP contribution is -2.23. The molecule has 0 radical (unpaired) electrons. The fourth-order valence-electron chi connectivity index (χ4n) is 1.15. The molecule has 0 spiro atoms. The second kappa shape index (κ2) is 4.68.